The van der Waals surface area contributed by atoms with Crippen LogP contribution < -0.4 is 15.6 Å². The van der Waals surface area contributed by atoms with Gasteiger partial charge in [0.1, 0.15) is 5.82 Å². The summed E-state index contributed by atoms with van der Waals surface area (Å²) in [5.74, 6) is 0.992. The van der Waals surface area contributed by atoms with Gasteiger partial charge in [-0.25, -0.2) is 14.8 Å². The lowest BCUT2D eigenvalue weighted by Gasteiger charge is -2.38. The Morgan fingerprint density at radius 1 is 1.13 bits per heavy atom. The summed E-state index contributed by atoms with van der Waals surface area (Å²) in [6, 6.07) is 4.46. The first-order valence-electron chi connectivity index (χ1n) is 8.70. The number of hydrogen-bond donors (Lipinski definition) is 2. The number of nitrogens with one attached hydrogen (secondary N) is 2. The summed E-state index contributed by atoms with van der Waals surface area (Å²) in [7, 11) is 0. The van der Waals surface area contributed by atoms with E-state index in [-0.39, 0.29) is 6.03 Å². The number of pyridine rings is 1. The maximum atomic E-state index is 12.2. The number of aromatic nitrogens is 1. The van der Waals surface area contributed by atoms with Crippen LogP contribution in [-0.4, -0.2) is 41.2 Å². The van der Waals surface area contributed by atoms with Crippen LogP contribution in [0.25, 0.3) is 0 Å². The van der Waals surface area contributed by atoms with Gasteiger partial charge in [0, 0.05) is 25.2 Å². The molecule has 0 aromatic carbocycles. The summed E-state index contributed by atoms with van der Waals surface area (Å²) in [4.78, 5) is 18.9. The molecule has 2 fully saturated rings. The molecule has 6 heteroatoms. The van der Waals surface area contributed by atoms with Crippen LogP contribution in [0.1, 0.15) is 46.0 Å². The molecule has 6 nitrogen and oxygen atoms in total. The van der Waals surface area contributed by atoms with E-state index in [1.165, 1.54) is 19.3 Å². The fraction of sp³-hybridized carbons (Fsp3) is 0.647. The topological polar surface area (TPSA) is 60.5 Å². The fourth-order valence-electron chi connectivity index (χ4n) is 3.51. The monoisotopic (exact) mass is 317 g/mol. The Bertz CT molecular complexity index is 516. The maximum absolute atomic E-state index is 12.2. The van der Waals surface area contributed by atoms with Crippen LogP contribution in [0.15, 0.2) is 18.3 Å². The number of hydrazine groups is 1. The van der Waals surface area contributed by atoms with Crippen molar-refractivity contribution < 1.29 is 4.79 Å². The molecule has 23 heavy (non-hydrogen) atoms. The minimum absolute atomic E-state index is 0.193. The molecule has 3 heterocycles. The van der Waals surface area contributed by atoms with Gasteiger partial charge in [0.15, 0.2) is 0 Å². The molecule has 0 aliphatic carbocycles. The third kappa shape index (κ3) is 3.93. The van der Waals surface area contributed by atoms with Crippen molar-refractivity contribution >= 4 is 17.5 Å². The Kier molecular flexibility index (Phi) is 5.00. The number of urea groups is 1. The molecule has 0 bridgehead atoms. The lowest BCUT2D eigenvalue weighted by Crippen LogP contribution is -2.55. The van der Waals surface area contributed by atoms with Gasteiger partial charge in [-0.05, 0) is 51.7 Å². The van der Waals surface area contributed by atoms with Gasteiger partial charge in [-0.1, -0.05) is 6.42 Å². The van der Waals surface area contributed by atoms with E-state index < -0.39 is 0 Å². The highest BCUT2D eigenvalue weighted by Gasteiger charge is 2.26. The average molecular weight is 317 g/mol. The second kappa shape index (κ2) is 7.17. The molecule has 2 N–H and O–H groups in total. The number of carbonyl (C=O) groups is 1. The molecular weight excluding hydrogens is 290 g/mol. The van der Waals surface area contributed by atoms with E-state index in [0.29, 0.717) is 12.1 Å². The van der Waals surface area contributed by atoms with Gasteiger partial charge in [0.2, 0.25) is 0 Å². The van der Waals surface area contributed by atoms with Crippen LogP contribution >= 0.6 is 0 Å². The summed E-state index contributed by atoms with van der Waals surface area (Å²) in [5, 5.41) is 4.94. The van der Waals surface area contributed by atoms with Gasteiger partial charge < -0.3 is 10.2 Å². The molecule has 2 saturated heterocycles. The number of anilines is 2. The highest BCUT2D eigenvalue weighted by atomic mass is 16.2. The van der Waals surface area contributed by atoms with E-state index in [9.17, 15) is 4.79 Å². The second-order valence-electron chi connectivity index (χ2n) is 6.70. The van der Waals surface area contributed by atoms with Gasteiger partial charge in [-0.2, -0.15) is 0 Å². The number of rotatable bonds is 3. The van der Waals surface area contributed by atoms with Crippen molar-refractivity contribution in [3.05, 3.63) is 18.3 Å². The summed E-state index contributed by atoms with van der Waals surface area (Å²) in [5.41, 5.74) is 3.71. The zero-order valence-electron chi connectivity index (χ0n) is 14.1. The van der Waals surface area contributed by atoms with Crippen molar-refractivity contribution in [1.29, 1.82) is 0 Å². The fourth-order valence-corrected chi connectivity index (χ4v) is 3.51. The quantitative estimate of drug-likeness (QED) is 0.900. The molecule has 0 radical (unpaired) electrons. The van der Waals surface area contributed by atoms with Gasteiger partial charge in [0.05, 0.1) is 11.9 Å². The van der Waals surface area contributed by atoms with Crippen LogP contribution in [0.4, 0.5) is 16.3 Å². The number of hydrogen-bond acceptors (Lipinski definition) is 4. The van der Waals surface area contributed by atoms with E-state index in [4.69, 9.17) is 0 Å². The lowest BCUT2D eigenvalue weighted by atomic mass is 10.00. The lowest BCUT2D eigenvalue weighted by molar-refractivity contribution is 0.0625. The first kappa shape index (κ1) is 16.1. The molecule has 1 aromatic heterocycles. The van der Waals surface area contributed by atoms with E-state index in [0.717, 1.165) is 37.4 Å². The number of nitrogens with zero attached hydrogens (tertiary/aromatic N) is 3. The zero-order valence-corrected chi connectivity index (χ0v) is 14.1. The van der Waals surface area contributed by atoms with E-state index in [1.54, 1.807) is 6.20 Å². The van der Waals surface area contributed by atoms with Crippen LogP contribution in [0, 0.1) is 0 Å². The molecule has 0 saturated carbocycles. The standard InChI is InChI=1S/C17H27N5O/c1-13-6-5-7-14(2)22(13)20-17(23)19-15-8-9-16(18-12-15)21-10-3-4-11-21/h8-9,12-14H,3-7,10-11H2,1-2H3,(H2,19,20,23)/t13-,14-/m1/s1. The molecule has 126 valence electrons. The van der Waals surface area contributed by atoms with E-state index in [1.807, 2.05) is 12.1 Å². The third-order valence-electron chi connectivity index (χ3n) is 4.86. The zero-order chi connectivity index (χ0) is 16.2. The Labute approximate surface area is 138 Å². The van der Waals surface area contributed by atoms with Crippen molar-refractivity contribution in [3.8, 4) is 0 Å². The molecule has 3 rings (SSSR count). The summed E-state index contributed by atoms with van der Waals surface area (Å²) < 4.78 is 0. The average Bonchev–Trinajstić information content (AvgIpc) is 3.06. The first-order valence-corrected chi connectivity index (χ1v) is 8.70. The van der Waals surface area contributed by atoms with Gasteiger partial charge in [0.25, 0.3) is 0 Å². The molecule has 2 aliphatic rings. The highest BCUT2D eigenvalue weighted by molar-refractivity contribution is 5.88. The molecule has 2 atom stereocenters. The smallest absolute Gasteiger partial charge is 0.333 e. The highest BCUT2D eigenvalue weighted by Crippen LogP contribution is 2.21. The second-order valence-corrected chi connectivity index (χ2v) is 6.70. The summed E-state index contributed by atoms with van der Waals surface area (Å²) in [6.07, 6.45) is 7.67. The van der Waals surface area contributed by atoms with Crippen molar-refractivity contribution in [2.24, 2.45) is 0 Å². The predicted octanol–water partition coefficient (Wildman–Crippen LogP) is 2.98. The Balaban J connectivity index is 1.55. The maximum Gasteiger partial charge on any atom is 0.333 e. The molecule has 1 aromatic rings. The van der Waals surface area contributed by atoms with Crippen molar-refractivity contribution in [3.63, 3.8) is 0 Å². The molecule has 2 aliphatic heterocycles. The minimum Gasteiger partial charge on any atom is -0.357 e. The number of amides is 2. The number of piperidine rings is 1. The van der Waals surface area contributed by atoms with Crippen LogP contribution in [0.3, 0.4) is 0 Å². The Morgan fingerprint density at radius 2 is 1.83 bits per heavy atom. The van der Waals surface area contributed by atoms with Gasteiger partial charge in [-0.15, -0.1) is 0 Å². The third-order valence-corrected chi connectivity index (χ3v) is 4.86. The van der Waals surface area contributed by atoms with Crippen LogP contribution in [0.2, 0.25) is 0 Å². The van der Waals surface area contributed by atoms with Crippen molar-refractivity contribution in [2.75, 3.05) is 23.3 Å². The van der Waals surface area contributed by atoms with Crippen molar-refractivity contribution in [1.82, 2.24) is 15.4 Å². The van der Waals surface area contributed by atoms with Gasteiger partial charge >= 0.3 is 6.03 Å². The van der Waals surface area contributed by atoms with Crippen LogP contribution in [0.5, 0.6) is 0 Å². The molecular formula is C17H27N5O. The SMILES string of the molecule is C[C@@H]1CCC[C@@H](C)N1NC(=O)Nc1ccc(N2CCCC2)nc1. The Hall–Kier alpha value is -1.82. The largest absolute Gasteiger partial charge is 0.357 e. The van der Waals surface area contributed by atoms with Crippen molar-refractivity contribution in [2.45, 2.75) is 58.0 Å². The van der Waals surface area contributed by atoms with E-state index in [2.05, 4.69) is 39.5 Å². The minimum atomic E-state index is -0.193. The summed E-state index contributed by atoms with van der Waals surface area (Å²) >= 11 is 0. The molecule has 0 unspecified atom stereocenters. The van der Waals surface area contributed by atoms with Crippen LogP contribution in [-0.2, 0) is 0 Å². The summed E-state index contributed by atoms with van der Waals surface area (Å²) in [6.45, 7) is 6.46. The van der Waals surface area contributed by atoms with Gasteiger partial charge in [-0.3, -0.25) is 5.43 Å². The number of carbonyl (C=O) groups excluding carboxylic acids is 1. The normalized spacial score (nSPS) is 25.4. The Morgan fingerprint density at radius 3 is 2.43 bits per heavy atom. The predicted molar refractivity (Wildman–Crippen MR) is 92.5 cm³/mol. The van der Waals surface area contributed by atoms with E-state index >= 15 is 0 Å². The molecule has 0 spiro atoms. The molecule has 2 amide bonds. The first-order chi connectivity index (χ1) is 11.1.